The first-order valence-corrected chi connectivity index (χ1v) is 12.8. The van der Waals surface area contributed by atoms with Crippen molar-refractivity contribution in [2.45, 2.75) is 32.7 Å². The van der Waals surface area contributed by atoms with Crippen molar-refractivity contribution in [3.8, 4) is 17.2 Å². The van der Waals surface area contributed by atoms with Gasteiger partial charge in [0, 0.05) is 0 Å². The highest BCUT2D eigenvalue weighted by Crippen LogP contribution is 2.32. The largest absolute Gasteiger partial charge is 0.494 e. The number of thiazole rings is 1. The lowest BCUT2D eigenvalue weighted by Crippen LogP contribution is -2.39. The van der Waals surface area contributed by atoms with Gasteiger partial charge in [0.15, 0.2) is 16.3 Å². The van der Waals surface area contributed by atoms with Gasteiger partial charge < -0.3 is 18.9 Å². The standard InChI is InChI=1S/C28H30N2O6S/c1-6-7-14-36-20-11-9-19(10-12-20)25-24(27(32)35-5)17(2)29-28-30(25)26(31)23(37-28)16-18-8-13-21(33-3)22(15-18)34-4/h8-13,15-16,25H,6-7,14H2,1-5H3. The van der Waals surface area contributed by atoms with Crippen LogP contribution in [0.3, 0.4) is 0 Å². The molecule has 2 aromatic carbocycles. The second-order valence-corrected chi connectivity index (χ2v) is 9.47. The minimum absolute atomic E-state index is 0.249. The molecule has 194 valence electrons. The minimum atomic E-state index is -0.680. The van der Waals surface area contributed by atoms with Crippen molar-refractivity contribution in [2.75, 3.05) is 27.9 Å². The number of ether oxygens (including phenoxy) is 4. The molecule has 3 aromatic rings. The summed E-state index contributed by atoms with van der Waals surface area (Å²) in [5.41, 5.74) is 2.13. The van der Waals surface area contributed by atoms with E-state index in [1.807, 2.05) is 30.3 Å². The van der Waals surface area contributed by atoms with Crippen LogP contribution >= 0.6 is 11.3 Å². The maximum atomic E-state index is 13.7. The third kappa shape index (κ3) is 5.32. The van der Waals surface area contributed by atoms with Crippen LogP contribution < -0.4 is 29.1 Å². The molecular weight excluding hydrogens is 492 g/mol. The second kappa shape index (κ2) is 11.5. The van der Waals surface area contributed by atoms with Gasteiger partial charge in [-0.25, -0.2) is 9.79 Å². The highest BCUT2D eigenvalue weighted by Gasteiger charge is 2.33. The van der Waals surface area contributed by atoms with E-state index in [2.05, 4.69) is 11.9 Å². The lowest BCUT2D eigenvalue weighted by atomic mass is 9.96. The molecule has 2 heterocycles. The number of rotatable bonds is 9. The van der Waals surface area contributed by atoms with Crippen LogP contribution in [0.4, 0.5) is 0 Å². The molecule has 0 fully saturated rings. The van der Waals surface area contributed by atoms with Gasteiger partial charge in [0.05, 0.1) is 49.8 Å². The predicted molar refractivity (Wildman–Crippen MR) is 142 cm³/mol. The lowest BCUT2D eigenvalue weighted by Gasteiger charge is -2.24. The summed E-state index contributed by atoms with van der Waals surface area (Å²) < 4.78 is 23.6. The number of fused-ring (bicyclic) bond motifs is 1. The Bertz CT molecular complexity index is 1500. The summed E-state index contributed by atoms with van der Waals surface area (Å²) in [4.78, 5) is 31.7. The predicted octanol–water partition coefficient (Wildman–Crippen LogP) is 3.60. The van der Waals surface area contributed by atoms with Crippen LogP contribution in [-0.2, 0) is 9.53 Å². The molecule has 0 spiro atoms. The smallest absolute Gasteiger partial charge is 0.338 e. The van der Waals surface area contributed by atoms with Crippen LogP contribution in [0.1, 0.15) is 43.9 Å². The Morgan fingerprint density at radius 3 is 2.46 bits per heavy atom. The fraction of sp³-hybridized carbons (Fsp3) is 0.321. The number of carbonyl (C=O) groups excluding carboxylic acids is 1. The van der Waals surface area contributed by atoms with Crippen LogP contribution in [0.15, 0.2) is 63.5 Å². The number of allylic oxidation sites excluding steroid dienone is 1. The van der Waals surface area contributed by atoms with E-state index >= 15 is 0 Å². The first kappa shape index (κ1) is 26.2. The zero-order chi connectivity index (χ0) is 26.5. The molecule has 1 aliphatic rings. The van der Waals surface area contributed by atoms with E-state index in [4.69, 9.17) is 18.9 Å². The van der Waals surface area contributed by atoms with Crippen LogP contribution in [0.2, 0.25) is 0 Å². The summed E-state index contributed by atoms with van der Waals surface area (Å²) in [6.07, 6.45) is 3.79. The zero-order valence-corrected chi connectivity index (χ0v) is 22.4. The van der Waals surface area contributed by atoms with Crippen molar-refractivity contribution in [1.29, 1.82) is 0 Å². The molecule has 1 unspecified atom stereocenters. The highest BCUT2D eigenvalue weighted by atomic mass is 32.1. The number of nitrogens with zero attached hydrogens (tertiary/aromatic N) is 2. The van der Waals surface area contributed by atoms with Crippen molar-refractivity contribution >= 4 is 23.4 Å². The lowest BCUT2D eigenvalue weighted by molar-refractivity contribution is -0.136. The molecular formula is C28H30N2O6S. The van der Waals surface area contributed by atoms with E-state index in [0.29, 0.717) is 38.7 Å². The van der Waals surface area contributed by atoms with Crippen LogP contribution in [-0.4, -0.2) is 38.5 Å². The molecule has 1 aliphatic heterocycles. The number of carbonyl (C=O) groups is 1. The highest BCUT2D eigenvalue weighted by molar-refractivity contribution is 7.07. The summed E-state index contributed by atoms with van der Waals surface area (Å²) in [6, 6.07) is 12.2. The van der Waals surface area contributed by atoms with E-state index in [0.717, 1.165) is 29.7 Å². The maximum absolute atomic E-state index is 13.7. The van der Waals surface area contributed by atoms with Crippen molar-refractivity contribution in [2.24, 2.45) is 4.99 Å². The van der Waals surface area contributed by atoms with Gasteiger partial charge in [-0.2, -0.15) is 0 Å². The molecule has 0 saturated carbocycles. The number of benzene rings is 2. The van der Waals surface area contributed by atoms with Gasteiger partial charge in [0.1, 0.15) is 5.75 Å². The number of aromatic nitrogens is 1. The summed E-state index contributed by atoms with van der Waals surface area (Å²) >= 11 is 1.27. The van der Waals surface area contributed by atoms with E-state index in [9.17, 15) is 9.59 Å². The fourth-order valence-corrected chi connectivity index (χ4v) is 5.23. The SMILES string of the molecule is CCCCOc1ccc(C2C(C(=O)OC)=C(C)N=c3sc(=Cc4ccc(OC)c(OC)c4)c(=O)n32)cc1. The van der Waals surface area contributed by atoms with E-state index in [-0.39, 0.29) is 5.56 Å². The molecule has 9 heteroatoms. The topological polar surface area (TPSA) is 88.4 Å². The summed E-state index contributed by atoms with van der Waals surface area (Å²) in [6.45, 7) is 4.50. The van der Waals surface area contributed by atoms with Crippen molar-refractivity contribution in [3.63, 3.8) is 0 Å². The molecule has 1 aromatic heterocycles. The number of unbranched alkanes of at least 4 members (excludes halogenated alkanes) is 1. The minimum Gasteiger partial charge on any atom is -0.494 e. The average Bonchev–Trinajstić information content (AvgIpc) is 3.21. The third-order valence-electron chi connectivity index (χ3n) is 6.09. The van der Waals surface area contributed by atoms with E-state index < -0.39 is 12.0 Å². The first-order valence-electron chi connectivity index (χ1n) is 12.0. The number of hydrogen-bond acceptors (Lipinski definition) is 8. The molecule has 0 N–H and O–H groups in total. The van der Waals surface area contributed by atoms with Crippen LogP contribution in [0.5, 0.6) is 17.2 Å². The van der Waals surface area contributed by atoms with Gasteiger partial charge in [-0.3, -0.25) is 9.36 Å². The monoisotopic (exact) mass is 522 g/mol. The number of esters is 1. The quantitative estimate of drug-likeness (QED) is 0.315. The second-order valence-electron chi connectivity index (χ2n) is 8.46. The Labute approximate surface area is 219 Å². The van der Waals surface area contributed by atoms with Gasteiger partial charge >= 0.3 is 5.97 Å². The Morgan fingerprint density at radius 2 is 1.81 bits per heavy atom. The molecule has 4 rings (SSSR count). The first-order chi connectivity index (χ1) is 17.9. The van der Waals surface area contributed by atoms with Crippen molar-refractivity contribution < 1.29 is 23.7 Å². The Hall–Kier alpha value is -3.85. The molecule has 0 radical (unpaired) electrons. The van der Waals surface area contributed by atoms with Gasteiger partial charge in [-0.05, 0) is 54.8 Å². The Balaban J connectivity index is 1.83. The number of hydrogen-bond donors (Lipinski definition) is 0. The summed E-state index contributed by atoms with van der Waals surface area (Å²) in [5.74, 6) is 1.37. The average molecular weight is 523 g/mol. The van der Waals surface area contributed by atoms with Crippen molar-refractivity contribution in [1.82, 2.24) is 4.57 Å². The molecule has 37 heavy (non-hydrogen) atoms. The third-order valence-corrected chi connectivity index (χ3v) is 7.08. The van der Waals surface area contributed by atoms with Gasteiger partial charge in [0.25, 0.3) is 5.56 Å². The number of methoxy groups -OCH3 is 3. The van der Waals surface area contributed by atoms with Crippen molar-refractivity contribution in [3.05, 3.63) is 84.5 Å². The molecule has 8 nitrogen and oxygen atoms in total. The summed E-state index contributed by atoms with van der Waals surface area (Å²) in [5, 5.41) is 0. The molecule has 0 amide bonds. The van der Waals surface area contributed by atoms with Gasteiger partial charge in [-0.1, -0.05) is 42.9 Å². The molecule has 0 aliphatic carbocycles. The van der Waals surface area contributed by atoms with Gasteiger partial charge in [0.2, 0.25) is 0 Å². The Morgan fingerprint density at radius 1 is 1.08 bits per heavy atom. The zero-order valence-electron chi connectivity index (χ0n) is 21.6. The van der Waals surface area contributed by atoms with E-state index in [1.54, 1.807) is 43.9 Å². The van der Waals surface area contributed by atoms with Gasteiger partial charge in [-0.15, -0.1) is 0 Å². The normalized spacial score (nSPS) is 15.2. The molecule has 0 bridgehead atoms. The summed E-state index contributed by atoms with van der Waals surface area (Å²) in [7, 11) is 4.46. The Kier molecular flexibility index (Phi) is 8.13. The molecule has 1 atom stereocenters. The fourth-order valence-electron chi connectivity index (χ4n) is 4.18. The van der Waals surface area contributed by atoms with E-state index in [1.165, 1.54) is 18.4 Å². The van der Waals surface area contributed by atoms with Crippen LogP contribution in [0.25, 0.3) is 6.08 Å². The van der Waals surface area contributed by atoms with Crippen LogP contribution in [0, 0.1) is 0 Å². The molecule has 0 saturated heterocycles. The maximum Gasteiger partial charge on any atom is 0.338 e.